The van der Waals surface area contributed by atoms with E-state index in [1.165, 1.54) is 4.90 Å². The summed E-state index contributed by atoms with van der Waals surface area (Å²) in [5.41, 5.74) is 2.77. The molecule has 1 aromatic heterocycles. The summed E-state index contributed by atoms with van der Waals surface area (Å²) >= 11 is 0. The average molecular weight is 370 g/mol. The van der Waals surface area contributed by atoms with Gasteiger partial charge in [0.05, 0.1) is 18.4 Å². The topological polar surface area (TPSA) is 96.5 Å². The third kappa shape index (κ3) is 3.28. The highest BCUT2D eigenvalue weighted by molar-refractivity contribution is 6.03. The number of hydrogen-bond acceptors (Lipinski definition) is 5. The number of aromatic amines is 1. The van der Waals surface area contributed by atoms with E-state index in [0.717, 1.165) is 11.3 Å². The van der Waals surface area contributed by atoms with Gasteiger partial charge in [-0.2, -0.15) is 5.10 Å². The van der Waals surface area contributed by atoms with Crippen molar-refractivity contribution < 1.29 is 19.1 Å². The van der Waals surface area contributed by atoms with Gasteiger partial charge in [0.2, 0.25) is 0 Å². The number of rotatable bonds is 2. The number of fused-ring (bicyclic) bond motifs is 2. The van der Waals surface area contributed by atoms with Gasteiger partial charge in [0.25, 0.3) is 11.8 Å². The van der Waals surface area contributed by atoms with Gasteiger partial charge in [-0.05, 0) is 19.1 Å². The number of aromatic nitrogens is 2. The molecule has 1 unspecified atom stereocenters. The molecule has 8 nitrogen and oxygen atoms in total. The number of benzene rings is 1. The second-order valence-corrected chi connectivity index (χ2v) is 6.87. The fourth-order valence-corrected chi connectivity index (χ4v) is 3.51. The smallest absolute Gasteiger partial charge is 0.272 e. The number of ether oxygens (including phenoxy) is 2. The van der Waals surface area contributed by atoms with Crippen molar-refractivity contribution in [2.75, 3.05) is 25.2 Å². The standard InChI is InChI=1S/C19H22N4O4/c1-11-9-12-13(7-8-26-11)21-22-17(12)18(24)20-14-10-27-16-6-4-3-5-15(16)23(2)19(14)25/h3-6,11,14H,7-10H2,1-2H3,(H,20,24)(H,21,22)/t11?,14-/m0/s1. The van der Waals surface area contributed by atoms with Crippen LogP contribution in [-0.2, 0) is 22.4 Å². The monoisotopic (exact) mass is 370 g/mol. The van der Waals surface area contributed by atoms with Gasteiger partial charge in [-0.15, -0.1) is 0 Å². The molecule has 27 heavy (non-hydrogen) atoms. The lowest BCUT2D eigenvalue weighted by Gasteiger charge is -2.20. The lowest BCUT2D eigenvalue weighted by molar-refractivity contribution is -0.120. The van der Waals surface area contributed by atoms with Gasteiger partial charge in [0.15, 0.2) is 5.69 Å². The minimum Gasteiger partial charge on any atom is -0.489 e. The van der Waals surface area contributed by atoms with Crippen LogP contribution in [0.2, 0.25) is 0 Å². The van der Waals surface area contributed by atoms with Crippen molar-refractivity contribution in [2.45, 2.75) is 31.9 Å². The van der Waals surface area contributed by atoms with Crippen LogP contribution in [0, 0.1) is 0 Å². The van der Waals surface area contributed by atoms with E-state index in [9.17, 15) is 9.59 Å². The molecule has 3 heterocycles. The van der Waals surface area contributed by atoms with Gasteiger partial charge < -0.3 is 19.7 Å². The van der Waals surface area contributed by atoms with Gasteiger partial charge in [0.1, 0.15) is 18.4 Å². The predicted octanol–water partition coefficient (Wildman–Crippen LogP) is 1.07. The van der Waals surface area contributed by atoms with Crippen molar-refractivity contribution in [2.24, 2.45) is 0 Å². The summed E-state index contributed by atoms with van der Waals surface area (Å²) in [5.74, 6) is -0.000702. The van der Waals surface area contributed by atoms with E-state index in [1.807, 2.05) is 25.1 Å². The number of anilines is 1. The molecule has 1 aromatic carbocycles. The molecule has 0 spiro atoms. The van der Waals surface area contributed by atoms with Crippen LogP contribution in [-0.4, -0.2) is 54.4 Å². The van der Waals surface area contributed by atoms with E-state index < -0.39 is 6.04 Å². The summed E-state index contributed by atoms with van der Waals surface area (Å²) in [6, 6.07) is 6.51. The average Bonchev–Trinajstić information content (AvgIpc) is 2.90. The lowest BCUT2D eigenvalue weighted by Crippen LogP contribution is -2.49. The number of amides is 2. The van der Waals surface area contributed by atoms with Crippen LogP contribution in [0.15, 0.2) is 24.3 Å². The highest BCUT2D eigenvalue weighted by atomic mass is 16.5. The summed E-state index contributed by atoms with van der Waals surface area (Å²) in [6.45, 7) is 2.63. The SMILES string of the molecule is CC1Cc2c(C(=O)N[C@H]3COc4ccccc4N(C)C3=O)n[nH]c2CCO1. The Morgan fingerprint density at radius 1 is 1.37 bits per heavy atom. The van der Waals surface area contributed by atoms with Gasteiger partial charge in [-0.3, -0.25) is 14.7 Å². The van der Waals surface area contributed by atoms with Gasteiger partial charge in [0, 0.05) is 31.1 Å². The number of carbonyl (C=O) groups is 2. The van der Waals surface area contributed by atoms with E-state index in [2.05, 4.69) is 15.5 Å². The first-order valence-corrected chi connectivity index (χ1v) is 9.02. The first-order valence-electron chi connectivity index (χ1n) is 9.02. The second-order valence-electron chi connectivity index (χ2n) is 6.87. The highest BCUT2D eigenvalue weighted by Crippen LogP contribution is 2.30. The maximum Gasteiger partial charge on any atom is 0.272 e. The Morgan fingerprint density at radius 3 is 3.04 bits per heavy atom. The Hall–Kier alpha value is -2.87. The summed E-state index contributed by atoms with van der Waals surface area (Å²) in [4.78, 5) is 27.1. The summed E-state index contributed by atoms with van der Waals surface area (Å²) in [6.07, 6.45) is 1.30. The summed E-state index contributed by atoms with van der Waals surface area (Å²) in [5, 5.41) is 9.91. The molecule has 2 aromatic rings. The molecule has 2 amide bonds. The predicted molar refractivity (Wildman–Crippen MR) is 98.0 cm³/mol. The Labute approximate surface area is 156 Å². The normalized spacial score (nSPS) is 22.1. The maximum absolute atomic E-state index is 12.8. The quantitative estimate of drug-likeness (QED) is 0.824. The highest BCUT2D eigenvalue weighted by Gasteiger charge is 2.32. The molecule has 0 saturated heterocycles. The van der Waals surface area contributed by atoms with E-state index in [4.69, 9.17) is 9.47 Å². The number of nitrogens with one attached hydrogen (secondary N) is 2. The lowest BCUT2D eigenvalue weighted by atomic mass is 10.0. The number of nitrogens with zero attached hydrogens (tertiary/aromatic N) is 2. The molecule has 2 aliphatic heterocycles. The van der Waals surface area contributed by atoms with E-state index in [-0.39, 0.29) is 24.5 Å². The van der Waals surface area contributed by atoms with Crippen molar-refractivity contribution in [3.63, 3.8) is 0 Å². The number of hydrogen-bond donors (Lipinski definition) is 2. The number of H-pyrrole nitrogens is 1. The van der Waals surface area contributed by atoms with Crippen molar-refractivity contribution in [1.29, 1.82) is 0 Å². The molecule has 0 fully saturated rings. The second kappa shape index (κ2) is 7.03. The van der Waals surface area contributed by atoms with Crippen LogP contribution in [0.25, 0.3) is 0 Å². The van der Waals surface area contributed by atoms with Crippen LogP contribution in [0.4, 0.5) is 5.69 Å². The number of likely N-dealkylation sites (N-methyl/N-ethyl adjacent to an activating group) is 1. The molecular weight excluding hydrogens is 348 g/mol. The molecular formula is C19H22N4O4. The van der Waals surface area contributed by atoms with Crippen LogP contribution in [0.5, 0.6) is 5.75 Å². The van der Waals surface area contributed by atoms with Crippen molar-refractivity contribution >= 4 is 17.5 Å². The molecule has 0 radical (unpaired) electrons. The molecule has 4 rings (SSSR count). The zero-order valence-corrected chi connectivity index (χ0v) is 15.3. The minimum absolute atomic E-state index is 0.0129. The number of para-hydroxylation sites is 2. The summed E-state index contributed by atoms with van der Waals surface area (Å²) < 4.78 is 11.4. The third-order valence-corrected chi connectivity index (χ3v) is 4.98. The van der Waals surface area contributed by atoms with Crippen LogP contribution < -0.4 is 15.0 Å². The van der Waals surface area contributed by atoms with Crippen molar-refractivity contribution in [3.8, 4) is 5.75 Å². The zero-order valence-electron chi connectivity index (χ0n) is 15.3. The van der Waals surface area contributed by atoms with Gasteiger partial charge in [-0.25, -0.2) is 0 Å². The largest absolute Gasteiger partial charge is 0.489 e. The Kier molecular flexibility index (Phi) is 4.57. The molecule has 0 bridgehead atoms. The summed E-state index contributed by atoms with van der Waals surface area (Å²) in [7, 11) is 1.68. The van der Waals surface area contributed by atoms with Crippen molar-refractivity contribution in [1.82, 2.24) is 15.5 Å². The van der Waals surface area contributed by atoms with Crippen molar-refractivity contribution in [3.05, 3.63) is 41.2 Å². The first kappa shape index (κ1) is 17.5. The number of carbonyl (C=O) groups excluding carboxylic acids is 2. The fraction of sp³-hybridized carbons (Fsp3) is 0.421. The molecule has 2 aliphatic rings. The Balaban J connectivity index is 1.54. The minimum atomic E-state index is -0.790. The molecule has 2 N–H and O–H groups in total. The van der Waals surface area contributed by atoms with Crippen LogP contribution in [0.1, 0.15) is 28.7 Å². The first-order chi connectivity index (χ1) is 13.0. The van der Waals surface area contributed by atoms with Crippen LogP contribution in [0.3, 0.4) is 0 Å². The maximum atomic E-state index is 12.8. The van der Waals surface area contributed by atoms with Gasteiger partial charge >= 0.3 is 0 Å². The zero-order chi connectivity index (χ0) is 19.0. The Morgan fingerprint density at radius 2 is 2.19 bits per heavy atom. The Bertz CT molecular complexity index is 878. The van der Waals surface area contributed by atoms with Gasteiger partial charge in [-0.1, -0.05) is 12.1 Å². The fourth-order valence-electron chi connectivity index (χ4n) is 3.51. The van der Waals surface area contributed by atoms with Crippen LogP contribution >= 0.6 is 0 Å². The molecule has 0 saturated carbocycles. The molecule has 0 aliphatic carbocycles. The molecule has 142 valence electrons. The third-order valence-electron chi connectivity index (χ3n) is 4.98. The van der Waals surface area contributed by atoms with E-state index in [1.54, 1.807) is 13.1 Å². The molecule has 8 heteroatoms. The molecule has 2 atom stereocenters. The van der Waals surface area contributed by atoms with E-state index >= 15 is 0 Å². The van der Waals surface area contributed by atoms with E-state index in [0.29, 0.717) is 36.6 Å².